The number of aliphatic imine (C=N–C) groups is 1. The summed E-state index contributed by atoms with van der Waals surface area (Å²) in [4.78, 5) is 16.1. The molecule has 0 radical (unpaired) electrons. The molecular formula is C34H36ClF3N4O8. The lowest BCUT2D eigenvalue weighted by molar-refractivity contribution is -1.92. The van der Waals surface area contributed by atoms with Crippen LogP contribution in [0.4, 0.5) is 30.2 Å². The molecule has 1 aliphatic heterocycles. The first-order chi connectivity index (χ1) is 23.4. The van der Waals surface area contributed by atoms with Crippen LogP contribution < -0.4 is 40.3 Å². The summed E-state index contributed by atoms with van der Waals surface area (Å²) in [6.07, 6.45) is -2.54. The number of nitrogens with one attached hydrogen (secondary N) is 3. The minimum atomic E-state index is -4.69. The number of aromatic hydroxyl groups is 1. The van der Waals surface area contributed by atoms with Gasteiger partial charge in [-0.15, -0.1) is 0 Å². The van der Waals surface area contributed by atoms with Gasteiger partial charge in [0.1, 0.15) is 22.7 Å². The van der Waals surface area contributed by atoms with Crippen molar-refractivity contribution in [2.24, 2.45) is 4.99 Å². The third-order valence-corrected chi connectivity index (χ3v) is 7.51. The number of nitrogens with zero attached hydrogens (tertiary/aromatic N) is 1. The number of aryl methyl sites for hydroxylation is 2. The summed E-state index contributed by atoms with van der Waals surface area (Å²) in [5.74, 6) is 1.64. The van der Waals surface area contributed by atoms with Crippen LogP contribution in [0, 0.1) is 24.1 Å². The highest BCUT2D eigenvalue weighted by molar-refractivity contribution is 6.17. The molecule has 0 spiro atoms. The number of alkyl halides is 3. The Kier molecular flexibility index (Phi) is 11.8. The molecule has 50 heavy (non-hydrogen) atoms. The van der Waals surface area contributed by atoms with Crippen LogP contribution in [0.1, 0.15) is 54.6 Å². The monoisotopic (exact) mass is 720 g/mol. The van der Waals surface area contributed by atoms with Crippen LogP contribution >= 0.6 is 0 Å². The van der Waals surface area contributed by atoms with E-state index >= 15 is 0 Å². The Morgan fingerprint density at radius 1 is 0.940 bits per heavy atom. The van der Waals surface area contributed by atoms with Crippen molar-refractivity contribution in [1.82, 2.24) is 5.32 Å². The molecule has 12 nitrogen and oxygen atoms in total. The van der Waals surface area contributed by atoms with E-state index in [1.807, 2.05) is 37.3 Å². The molecule has 3 aromatic carbocycles. The van der Waals surface area contributed by atoms with E-state index in [2.05, 4.69) is 36.7 Å². The van der Waals surface area contributed by atoms with Crippen LogP contribution in [0.15, 0.2) is 74.6 Å². The zero-order chi connectivity index (χ0) is 37.0. The van der Waals surface area contributed by atoms with Crippen LogP contribution in [-0.2, 0) is 6.18 Å². The number of fused-ring (bicyclic) bond motifs is 5. The minimum Gasteiger partial charge on any atom is -0.507 e. The van der Waals surface area contributed by atoms with Gasteiger partial charge in [0.15, 0.2) is 11.5 Å². The van der Waals surface area contributed by atoms with Crippen molar-refractivity contribution in [3.63, 3.8) is 0 Å². The number of allylic oxidation sites excluding steroid dienone is 1. The molecule has 5 N–H and O–H groups in total. The quantitative estimate of drug-likeness (QED) is 0.182. The fraction of sp³-hybridized carbons (Fsp3) is 0.294. The normalized spacial score (nSPS) is 14.7. The highest BCUT2D eigenvalue weighted by atomic mass is 35.7. The fourth-order valence-electron chi connectivity index (χ4n) is 5.49. The number of hydrogen-bond acceptors (Lipinski definition) is 12. The summed E-state index contributed by atoms with van der Waals surface area (Å²) in [5, 5.41) is 20.2. The summed E-state index contributed by atoms with van der Waals surface area (Å²) in [5.41, 5.74) is 4.67. The highest BCUT2D eigenvalue weighted by Gasteiger charge is 2.34. The van der Waals surface area contributed by atoms with Crippen LogP contribution in [0.3, 0.4) is 0 Å². The number of halogens is 4. The maximum absolute atomic E-state index is 12.9. The molecule has 1 aliphatic carbocycles. The molecule has 0 amide bonds. The van der Waals surface area contributed by atoms with Crippen LogP contribution in [0.2, 0.25) is 0 Å². The maximum Gasteiger partial charge on any atom is 0.417 e. The first-order valence-corrected chi connectivity index (χ1v) is 16.7. The smallest absolute Gasteiger partial charge is 0.417 e. The summed E-state index contributed by atoms with van der Waals surface area (Å²) in [6, 6.07) is 12.9. The van der Waals surface area contributed by atoms with E-state index in [4.69, 9.17) is 32.8 Å². The average molecular weight is 721 g/mol. The number of rotatable bonds is 6. The van der Waals surface area contributed by atoms with Crippen molar-refractivity contribution >= 4 is 33.7 Å². The van der Waals surface area contributed by atoms with Gasteiger partial charge in [-0.2, -0.15) is 27.1 Å². The van der Waals surface area contributed by atoms with Crippen molar-refractivity contribution in [1.29, 1.82) is 0 Å². The lowest BCUT2D eigenvalue weighted by atomic mass is 9.88. The second kappa shape index (κ2) is 15.5. The van der Waals surface area contributed by atoms with E-state index in [0.717, 1.165) is 46.9 Å². The number of ether oxygens (including phenoxy) is 1. The number of phenols is 1. The third-order valence-electron chi connectivity index (χ3n) is 7.51. The van der Waals surface area contributed by atoms with Crippen molar-refractivity contribution < 1.29 is 56.3 Å². The summed E-state index contributed by atoms with van der Waals surface area (Å²) < 4.78 is 82.4. The van der Waals surface area contributed by atoms with Gasteiger partial charge in [-0.05, 0) is 75.2 Å². The summed E-state index contributed by atoms with van der Waals surface area (Å²) in [6.45, 7) is 12.0. The Hall–Kier alpha value is -4.64. The van der Waals surface area contributed by atoms with Crippen molar-refractivity contribution in [2.45, 2.75) is 46.8 Å². The number of benzene rings is 3. The third kappa shape index (κ3) is 9.12. The Labute approximate surface area is 287 Å². The van der Waals surface area contributed by atoms with Gasteiger partial charge in [-0.25, -0.2) is 9.79 Å². The lowest BCUT2D eigenvalue weighted by Gasteiger charge is -2.30. The van der Waals surface area contributed by atoms with E-state index < -0.39 is 27.6 Å². The lowest BCUT2D eigenvalue weighted by Crippen LogP contribution is -2.58. The molecule has 4 aromatic rings. The predicted octanol–water partition coefficient (Wildman–Crippen LogP) is 3.62. The fourth-order valence-corrected chi connectivity index (χ4v) is 5.49. The van der Waals surface area contributed by atoms with Gasteiger partial charge >= 0.3 is 11.8 Å². The molecule has 0 saturated carbocycles. The Morgan fingerprint density at radius 2 is 1.56 bits per heavy atom. The van der Waals surface area contributed by atoms with Crippen molar-refractivity contribution in [3.05, 3.63) is 98.6 Å². The Morgan fingerprint density at radius 3 is 2.16 bits per heavy atom. The van der Waals surface area contributed by atoms with E-state index in [-0.39, 0.29) is 22.8 Å². The van der Waals surface area contributed by atoms with E-state index in [9.17, 15) is 23.1 Å². The maximum atomic E-state index is 12.9. The standard InChI is InChI=1S/C21H23N3O2.C13H12F3NO2.ClHO4/c1-4-22-14-10-18-16(9-12(14)3)24-21-19(26-18)11-15(23-5-2)13-7-6-8-17(25)20(13)21;1-3-17-10-6-11-8(4-7(10)2)9(13(14,15)16)5-12(18)19-11;2-1(3,4)5/h6-11,15,22-23,25H,4-5H2,1-3H3;4-6,17H,3H2,1-2H3;(H,2,3,4,5). The molecule has 0 saturated heterocycles. The zero-order valence-corrected chi connectivity index (χ0v) is 28.5. The Bertz CT molecular complexity index is 1980. The molecule has 2 heterocycles. The van der Waals surface area contributed by atoms with Gasteiger partial charge in [0.2, 0.25) is 0 Å². The molecule has 1 aromatic heterocycles. The second-order valence-electron chi connectivity index (χ2n) is 11.1. The van der Waals surface area contributed by atoms with Crippen LogP contribution in [0.25, 0.3) is 11.0 Å². The van der Waals surface area contributed by atoms with E-state index in [0.29, 0.717) is 35.3 Å². The molecule has 1 atom stereocenters. The van der Waals surface area contributed by atoms with E-state index in [1.165, 1.54) is 12.1 Å². The number of phenolic OH excluding ortho intramolecular Hbond substituents is 1. The first kappa shape index (κ1) is 38.2. The summed E-state index contributed by atoms with van der Waals surface area (Å²) in [7, 11) is -4.69. The second-order valence-corrected chi connectivity index (χ2v) is 11.9. The van der Waals surface area contributed by atoms with Gasteiger partial charge < -0.3 is 30.2 Å². The first-order valence-electron chi connectivity index (χ1n) is 15.4. The molecule has 1 unspecified atom stereocenters. The zero-order valence-electron chi connectivity index (χ0n) is 27.7. The van der Waals surface area contributed by atoms with Gasteiger partial charge in [-0.1, -0.05) is 19.1 Å². The van der Waals surface area contributed by atoms with E-state index in [1.54, 1.807) is 13.0 Å². The summed E-state index contributed by atoms with van der Waals surface area (Å²) >= 11 is 0. The molecule has 0 fully saturated rings. The molecule has 2 aliphatic rings. The van der Waals surface area contributed by atoms with Gasteiger partial charge in [0.25, 0.3) is 0 Å². The number of anilines is 2. The van der Waals surface area contributed by atoms with Crippen LogP contribution in [-0.4, -0.2) is 35.1 Å². The molecule has 0 bridgehead atoms. The van der Waals surface area contributed by atoms with Crippen molar-refractivity contribution in [2.75, 3.05) is 30.3 Å². The largest absolute Gasteiger partial charge is 0.507 e. The molecule has 16 heteroatoms. The number of hydrogen-bond donors (Lipinski definition) is 5. The number of likely N-dealkylation sites (N-methyl/N-ethyl adjacent to an activating group) is 1. The van der Waals surface area contributed by atoms with Crippen LogP contribution in [0.5, 0.6) is 11.5 Å². The Balaban J connectivity index is 0.000000206. The molecule has 268 valence electrons. The predicted molar refractivity (Wildman–Crippen MR) is 173 cm³/mol. The van der Waals surface area contributed by atoms with Gasteiger partial charge in [-0.3, -0.25) is 0 Å². The molecule has 6 rings (SSSR count). The highest BCUT2D eigenvalue weighted by Crippen LogP contribution is 2.44. The van der Waals surface area contributed by atoms with Gasteiger partial charge in [0, 0.05) is 48.0 Å². The van der Waals surface area contributed by atoms with Crippen molar-refractivity contribution in [3.8, 4) is 11.5 Å². The minimum absolute atomic E-state index is 0.0173. The SMILES string of the molecule is CCNc1cc2c(cc1C)N=C1C(=CC(NCC)c3cccc(O)c31)O2.CCNc1cc2oc(=O)cc(C(F)(F)F)c2cc1C.[O-][Cl+3]([O-])([O-])O. The topological polar surface area (TPSA) is 198 Å². The average Bonchev–Trinajstić information content (AvgIpc) is 3.01. The molecular weight excluding hydrogens is 685 g/mol. The van der Waals surface area contributed by atoms with Gasteiger partial charge in [0.05, 0.1) is 32.1 Å².